The maximum atomic E-state index is 11.7. The topological polar surface area (TPSA) is 76.7 Å². The minimum Gasteiger partial charge on any atom is -0.484 e. The van der Waals surface area contributed by atoms with Crippen LogP contribution in [0.5, 0.6) is 11.5 Å². The second kappa shape index (κ2) is 8.73. The smallest absolute Gasteiger partial charge is 0.276 e. The van der Waals surface area contributed by atoms with Gasteiger partial charge in [0.05, 0.1) is 0 Å². The van der Waals surface area contributed by atoms with Crippen molar-refractivity contribution >= 4 is 11.8 Å². The molecule has 0 aromatic heterocycles. The molecule has 0 aliphatic rings. The van der Waals surface area contributed by atoms with Crippen LogP contribution in [-0.4, -0.2) is 25.0 Å². The van der Waals surface area contributed by atoms with E-state index in [1.165, 1.54) is 0 Å². The zero-order valence-corrected chi connectivity index (χ0v) is 14.6. The molecular weight excluding hydrogens is 320 g/mol. The second-order valence-corrected chi connectivity index (χ2v) is 5.81. The lowest BCUT2D eigenvalue weighted by molar-refractivity contribution is -0.131. The fraction of sp³-hybridized carbons (Fsp3) is 0.263. The zero-order chi connectivity index (χ0) is 18.2. The van der Waals surface area contributed by atoms with Gasteiger partial charge in [0.25, 0.3) is 11.8 Å². The number of benzene rings is 2. The van der Waals surface area contributed by atoms with E-state index in [0.717, 1.165) is 16.7 Å². The van der Waals surface area contributed by atoms with Crippen LogP contribution in [0.3, 0.4) is 0 Å². The molecule has 2 aromatic carbocycles. The summed E-state index contributed by atoms with van der Waals surface area (Å²) < 4.78 is 10.7. The van der Waals surface area contributed by atoms with Gasteiger partial charge in [0.2, 0.25) is 0 Å². The van der Waals surface area contributed by atoms with Crippen molar-refractivity contribution < 1.29 is 19.1 Å². The molecule has 6 heteroatoms. The number of ether oxygens (including phenoxy) is 2. The largest absolute Gasteiger partial charge is 0.484 e. The van der Waals surface area contributed by atoms with Crippen molar-refractivity contribution in [2.75, 3.05) is 13.2 Å². The van der Waals surface area contributed by atoms with Crippen molar-refractivity contribution in [2.24, 2.45) is 0 Å². The molecule has 0 aliphatic carbocycles. The molecule has 0 fully saturated rings. The standard InChI is InChI=1S/C19H22N2O4/c1-13-4-6-16(7-5-13)24-11-18(22)20-21-19(23)12-25-17-9-14(2)8-15(3)10-17/h4-10H,11-12H2,1-3H3,(H,20,22)(H,21,23). The molecule has 2 N–H and O–H groups in total. The third kappa shape index (κ3) is 6.55. The molecule has 2 amide bonds. The first-order valence-corrected chi connectivity index (χ1v) is 7.90. The summed E-state index contributed by atoms with van der Waals surface area (Å²) in [6, 6.07) is 13.0. The van der Waals surface area contributed by atoms with Gasteiger partial charge in [-0.2, -0.15) is 0 Å². The van der Waals surface area contributed by atoms with E-state index in [-0.39, 0.29) is 13.2 Å². The van der Waals surface area contributed by atoms with Crippen LogP contribution in [0.25, 0.3) is 0 Å². The molecule has 0 heterocycles. The number of carbonyl (C=O) groups excluding carboxylic acids is 2. The monoisotopic (exact) mass is 342 g/mol. The molecule has 2 rings (SSSR count). The molecule has 2 aromatic rings. The number of rotatable bonds is 6. The quantitative estimate of drug-likeness (QED) is 0.789. The molecule has 6 nitrogen and oxygen atoms in total. The van der Waals surface area contributed by atoms with Crippen LogP contribution in [0.2, 0.25) is 0 Å². The van der Waals surface area contributed by atoms with Gasteiger partial charge >= 0.3 is 0 Å². The minimum atomic E-state index is -0.458. The highest BCUT2D eigenvalue weighted by Gasteiger charge is 2.07. The Morgan fingerprint density at radius 2 is 1.20 bits per heavy atom. The first kappa shape index (κ1) is 18.3. The van der Waals surface area contributed by atoms with Gasteiger partial charge in [0.1, 0.15) is 11.5 Å². The summed E-state index contributed by atoms with van der Waals surface area (Å²) >= 11 is 0. The first-order valence-electron chi connectivity index (χ1n) is 7.90. The number of aryl methyl sites for hydroxylation is 3. The third-order valence-electron chi connectivity index (χ3n) is 3.30. The molecule has 0 radical (unpaired) electrons. The molecule has 0 saturated carbocycles. The van der Waals surface area contributed by atoms with Gasteiger partial charge in [-0.3, -0.25) is 20.4 Å². The van der Waals surface area contributed by atoms with Crippen LogP contribution in [0, 0.1) is 20.8 Å². The SMILES string of the molecule is Cc1ccc(OCC(=O)NNC(=O)COc2cc(C)cc(C)c2)cc1. The highest BCUT2D eigenvalue weighted by molar-refractivity contribution is 5.83. The molecular formula is C19H22N2O4. The summed E-state index contributed by atoms with van der Waals surface area (Å²) in [7, 11) is 0. The van der Waals surface area contributed by atoms with E-state index < -0.39 is 11.8 Å². The molecule has 0 atom stereocenters. The average Bonchev–Trinajstić information content (AvgIpc) is 2.57. The number of amides is 2. The summed E-state index contributed by atoms with van der Waals surface area (Å²) in [5.74, 6) is 0.287. The van der Waals surface area contributed by atoms with Crippen molar-refractivity contribution in [3.8, 4) is 11.5 Å². The van der Waals surface area contributed by atoms with Crippen molar-refractivity contribution in [2.45, 2.75) is 20.8 Å². The number of carbonyl (C=O) groups is 2. The van der Waals surface area contributed by atoms with Gasteiger partial charge in [-0.05, 0) is 56.2 Å². The van der Waals surface area contributed by atoms with Gasteiger partial charge in [-0.25, -0.2) is 0 Å². The van der Waals surface area contributed by atoms with Gasteiger partial charge in [-0.15, -0.1) is 0 Å². The molecule has 132 valence electrons. The predicted molar refractivity (Wildman–Crippen MR) is 94.4 cm³/mol. The van der Waals surface area contributed by atoms with Crippen LogP contribution in [-0.2, 0) is 9.59 Å². The molecule has 0 saturated heterocycles. The summed E-state index contributed by atoms with van der Waals surface area (Å²) in [5, 5.41) is 0. The van der Waals surface area contributed by atoms with E-state index in [1.54, 1.807) is 12.1 Å². The molecule has 0 aliphatic heterocycles. The van der Waals surface area contributed by atoms with Gasteiger partial charge in [-0.1, -0.05) is 23.8 Å². The Labute approximate surface area is 147 Å². The Balaban J connectivity index is 1.68. The van der Waals surface area contributed by atoms with Gasteiger partial charge in [0.15, 0.2) is 13.2 Å². The number of hydrogen-bond donors (Lipinski definition) is 2. The van der Waals surface area contributed by atoms with E-state index in [9.17, 15) is 9.59 Å². The van der Waals surface area contributed by atoms with Crippen LogP contribution in [0.1, 0.15) is 16.7 Å². The lowest BCUT2D eigenvalue weighted by Gasteiger charge is -2.10. The first-order chi connectivity index (χ1) is 11.9. The highest BCUT2D eigenvalue weighted by atomic mass is 16.5. The Kier molecular flexibility index (Phi) is 6.39. The second-order valence-electron chi connectivity index (χ2n) is 5.81. The molecule has 0 unspecified atom stereocenters. The lowest BCUT2D eigenvalue weighted by Crippen LogP contribution is -2.45. The lowest BCUT2D eigenvalue weighted by atomic mass is 10.1. The van der Waals surface area contributed by atoms with E-state index in [2.05, 4.69) is 10.9 Å². The summed E-state index contributed by atoms with van der Waals surface area (Å²) in [6.45, 7) is 5.48. The number of hydrogen-bond acceptors (Lipinski definition) is 4. The molecule has 25 heavy (non-hydrogen) atoms. The number of nitrogens with one attached hydrogen (secondary N) is 2. The van der Waals surface area contributed by atoms with E-state index in [4.69, 9.17) is 9.47 Å². The predicted octanol–water partition coefficient (Wildman–Crippen LogP) is 2.22. The van der Waals surface area contributed by atoms with E-state index >= 15 is 0 Å². The number of hydrazine groups is 1. The van der Waals surface area contributed by atoms with Gasteiger partial charge in [0, 0.05) is 0 Å². The maximum Gasteiger partial charge on any atom is 0.276 e. The Hall–Kier alpha value is -3.02. The molecule has 0 spiro atoms. The fourth-order valence-electron chi connectivity index (χ4n) is 2.16. The summed E-state index contributed by atoms with van der Waals surface area (Å²) in [5.41, 5.74) is 7.77. The summed E-state index contributed by atoms with van der Waals surface area (Å²) in [6.07, 6.45) is 0. The fourth-order valence-corrected chi connectivity index (χ4v) is 2.16. The van der Waals surface area contributed by atoms with Crippen LogP contribution >= 0.6 is 0 Å². The Morgan fingerprint density at radius 3 is 1.72 bits per heavy atom. The highest BCUT2D eigenvalue weighted by Crippen LogP contribution is 2.15. The van der Waals surface area contributed by atoms with Crippen LogP contribution in [0.4, 0.5) is 0 Å². The average molecular weight is 342 g/mol. The molecule has 0 bridgehead atoms. The normalized spacial score (nSPS) is 10.0. The third-order valence-corrected chi connectivity index (χ3v) is 3.30. The van der Waals surface area contributed by atoms with E-state index in [0.29, 0.717) is 11.5 Å². The van der Waals surface area contributed by atoms with Crippen LogP contribution < -0.4 is 20.3 Å². The van der Waals surface area contributed by atoms with Crippen molar-refractivity contribution in [3.63, 3.8) is 0 Å². The Bertz CT molecular complexity index is 721. The van der Waals surface area contributed by atoms with Crippen molar-refractivity contribution in [1.82, 2.24) is 10.9 Å². The Morgan fingerprint density at radius 1 is 0.720 bits per heavy atom. The van der Waals surface area contributed by atoms with E-state index in [1.807, 2.05) is 51.1 Å². The van der Waals surface area contributed by atoms with Crippen molar-refractivity contribution in [1.29, 1.82) is 0 Å². The van der Waals surface area contributed by atoms with Crippen LogP contribution in [0.15, 0.2) is 42.5 Å². The van der Waals surface area contributed by atoms with Gasteiger partial charge < -0.3 is 9.47 Å². The maximum absolute atomic E-state index is 11.7. The minimum absolute atomic E-state index is 0.192. The van der Waals surface area contributed by atoms with Crippen molar-refractivity contribution in [3.05, 3.63) is 59.2 Å². The summed E-state index contributed by atoms with van der Waals surface area (Å²) in [4.78, 5) is 23.4. The zero-order valence-electron chi connectivity index (χ0n) is 14.6.